The quantitative estimate of drug-likeness (QED) is 0.376. The Hall–Kier alpha value is -3.13. The van der Waals surface area contributed by atoms with E-state index in [0.29, 0.717) is 51.7 Å². The average molecular weight is 534 g/mol. The number of alkyl halides is 3. The summed E-state index contributed by atoms with van der Waals surface area (Å²) in [5.74, 6) is 0.928. The Morgan fingerprint density at radius 2 is 1.84 bits per heavy atom. The van der Waals surface area contributed by atoms with Crippen LogP contribution in [-0.2, 0) is 15.5 Å². The largest absolute Gasteiger partial charge is 0.462 e. The molecule has 1 atom stereocenters. The molecule has 1 aromatic heterocycles. The molecule has 37 heavy (non-hydrogen) atoms. The van der Waals surface area contributed by atoms with Crippen LogP contribution in [0.25, 0.3) is 10.9 Å². The predicted molar refractivity (Wildman–Crippen MR) is 143 cm³/mol. The second-order valence-corrected chi connectivity index (χ2v) is 13.6. The van der Waals surface area contributed by atoms with Gasteiger partial charge in [0.15, 0.2) is 0 Å². The van der Waals surface area contributed by atoms with E-state index in [-0.39, 0.29) is 11.1 Å². The molecule has 0 saturated heterocycles. The van der Waals surface area contributed by atoms with Crippen LogP contribution in [0.4, 0.5) is 24.7 Å². The molecule has 0 radical (unpaired) electrons. The van der Waals surface area contributed by atoms with E-state index in [1.807, 2.05) is 13.8 Å². The van der Waals surface area contributed by atoms with Gasteiger partial charge in [0.2, 0.25) is 0 Å². The maximum atomic E-state index is 13.5. The third kappa shape index (κ3) is 5.74. The summed E-state index contributed by atoms with van der Waals surface area (Å²) in [7, 11) is -2.79. The first kappa shape index (κ1) is 26.9. The zero-order valence-electron chi connectivity index (χ0n) is 21.9. The predicted octanol–water partition coefficient (Wildman–Crippen LogP) is 6.26. The lowest BCUT2D eigenvalue weighted by molar-refractivity contribution is -0.138. The van der Waals surface area contributed by atoms with Crippen molar-refractivity contribution >= 4 is 40.9 Å². The zero-order chi connectivity index (χ0) is 27.3. The van der Waals surface area contributed by atoms with Gasteiger partial charge in [0.25, 0.3) is 6.02 Å². The molecule has 0 saturated carbocycles. The van der Waals surface area contributed by atoms with Crippen LogP contribution in [0.1, 0.15) is 49.3 Å². The van der Waals surface area contributed by atoms with Crippen LogP contribution in [0, 0.1) is 13.8 Å². The minimum absolute atomic E-state index is 0.157. The molecule has 11 heteroatoms. The zero-order valence-corrected chi connectivity index (χ0v) is 22.8. The van der Waals surface area contributed by atoms with Gasteiger partial charge in [-0.25, -0.2) is 15.0 Å². The van der Waals surface area contributed by atoms with Gasteiger partial charge in [-0.15, -0.1) is 0 Å². The summed E-state index contributed by atoms with van der Waals surface area (Å²) in [6.07, 6.45) is -4.44. The number of fused-ring (bicyclic) bond motifs is 1. The summed E-state index contributed by atoms with van der Waals surface area (Å²) < 4.78 is 59.4. The highest BCUT2D eigenvalue weighted by molar-refractivity contribution is 7.70. The number of ether oxygens (including phenoxy) is 1. The fraction of sp³-hybridized carbons (Fsp3) is 0.423. The summed E-state index contributed by atoms with van der Waals surface area (Å²) in [5, 5.41) is 7.61. The Kier molecular flexibility index (Phi) is 6.78. The van der Waals surface area contributed by atoms with Crippen LogP contribution in [0.5, 0.6) is 0 Å². The summed E-state index contributed by atoms with van der Waals surface area (Å²) in [4.78, 5) is 13.6. The molecule has 0 amide bonds. The highest BCUT2D eigenvalue weighted by Gasteiger charge is 2.33. The molecule has 0 unspecified atom stereocenters. The van der Waals surface area contributed by atoms with Crippen molar-refractivity contribution in [3.8, 4) is 0 Å². The van der Waals surface area contributed by atoms with Crippen LogP contribution in [0.15, 0.2) is 35.3 Å². The van der Waals surface area contributed by atoms with Crippen molar-refractivity contribution < 1.29 is 22.5 Å². The van der Waals surface area contributed by atoms with Gasteiger partial charge in [0, 0.05) is 10.7 Å². The number of aromatic nitrogens is 2. The van der Waals surface area contributed by atoms with Crippen LogP contribution >= 0.6 is 7.14 Å². The van der Waals surface area contributed by atoms with Crippen LogP contribution < -0.4 is 15.9 Å². The maximum absolute atomic E-state index is 13.5. The van der Waals surface area contributed by atoms with Gasteiger partial charge in [-0.2, -0.15) is 13.2 Å². The van der Waals surface area contributed by atoms with Gasteiger partial charge in [-0.05, 0) is 77.3 Å². The van der Waals surface area contributed by atoms with Gasteiger partial charge in [0.05, 0.1) is 28.3 Å². The molecule has 1 aliphatic rings. The first-order valence-corrected chi connectivity index (χ1v) is 14.5. The molecule has 0 bridgehead atoms. The molecule has 2 heterocycles. The number of aliphatic imine (C=N–C) groups is 1. The first-order chi connectivity index (χ1) is 17.0. The Morgan fingerprint density at radius 1 is 1.14 bits per heavy atom. The van der Waals surface area contributed by atoms with E-state index in [1.165, 1.54) is 13.0 Å². The minimum Gasteiger partial charge on any atom is -0.462 e. The summed E-state index contributed by atoms with van der Waals surface area (Å²) >= 11 is 0. The third-order valence-corrected chi connectivity index (χ3v) is 7.74. The van der Waals surface area contributed by atoms with E-state index in [2.05, 4.69) is 25.6 Å². The first-order valence-electron chi connectivity index (χ1n) is 11.9. The van der Waals surface area contributed by atoms with E-state index < -0.39 is 24.9 Å². The van der Waals surface area contributed by atoms with Crippen molar-refractivity contribution in [2.24, 2.45) is 4.99 Å². The fourth-order valence-electron chi connectivity index (χ4n) is 4.41. The standard InChI is InChI=1S/C26H31F3N5O2P/c1-14-17(9-8-10-19(14)26(27,28)29)15(2)30-23-18-11-22(37(6,7)35)21(12-20(18)31-16(3)32-23)33-24-34-25(4,5)13-36-24/h8-12,15H,13H2,1-7H3,(H,33,34)(H,30,31,32)/t15-/m1/s1. The molecule has 7 nitrogen and oxygen atoms in total. The van der Waals surface area contributed by atoms with Crippen molar-refractivity contribution in [3.63, 3.8) is 0 Å². The Balaban J connectivity index is 1.79. The van der Waals surface area contributed by atoms with Gasteiger partial charge in [-0.1, -0.05) is 12.1 Å². The van der Waals surface area contributed by atoms with E-state index >= 15 is 0 Å². The van der Waals surface area contributed by atoms with E-state index in [1.54, 1.807) is 45.4 Å². The van der Waals surface area contributed by atoms with Crippen molar-refractivity contribution in [2.45, 2.75) is 52.4 Å². The van der Waals surface area contributed by atoms with Gasteiger partial charge >= 0.3 is 6.18 Å². The molecule has 198 valence electrons. The van der Waals surface area contributed by atoms with Crippen LogP contribution in [-0.4, -0.2) is 41.5 Å². The van der Waals surface area contributed by atoms with E-state index in [9.17, 15) is 17.7 Å². The lowest BCUT2D eigenvalue weighted by atomic mass is 9.97. The second kappa shape index (κ2) is 9.31. The molecule has 0 spiro atoms. The lowest BCUT2D eigenvalue weighted by Gasteiger charge is -2.22. The number of aryl methyl sites for hydroxylation is 1. The summed E-state index contributed by atoms with van der Waals surface area (Å²) in [6.45, 7) is 12.7. The number of hydrogen-bond acceptors (Lipinski definition) is 7. The molecule has 2 aromatic carbocycles. The van der Waals surface area contributed by atoms with Gasteiger partial charge in [0.1, 0.15) is 25.4 Å². The Morgan fingerprint density at radius 3 is 2.43 bits per heavy atom. The molecule has 0 fully saturated rings. The van der Waals surface area contributed by atoms with Crippen molar-refractivity contribution in [2.75, 3.05) is 30.6 Å². The molecular weight excluding hydrogens is 502 g/mol. The van der Waals surface area contributed by atoms with Gasteiger partial charge in [-0.3, -0.25) is 0 Å². The molecule has 2 N–H and O–H groups in total. The lowest BCUT2D eigenvalue weighted by Crippen LogP contribution is -2.19. The maximum Gasteiger partial charge on any atom is 0.416 e. The van der Waals surface area contributed by atoms with Crippen molar-refractivity contribution in [1.29, 1.82) is 0 Å². The molecule has 1 aliphatic heterocycles. The van der Waals surface area contributed by atoms with Crippen LogP contribution in [0.2, 0.25) is 0 Å². The normalized spacial score (nSPS) is 16.3. The average Bonchev–Trinajstić information content (AvgIpc) is 3.09. The monoisotopic (exact) mass is 533 g/mol. The summed E-state index contributed by atoms with van der Waals surface area (Å²) in [6, 6.07) is 7.56. The van der Waals surface area contributed by atoms with E-state index in [4.69, 9.17) is 4.74 Å². The smallest absolute Gasteiger partial charge is 0.416 e. The molecular formula is C26H31F3N5O2P. The molecule has 3 aromatic rings. The number of anilines is 2. The highest BCUT2D eigenvalue weighted by atomic mass is 31.2. The number of hydrogen-bond donors (Lipinski definition) is 2. The number of nitrogens with zero attached hydrogens (tertiary/aromatic N) is 3. The number of rotatable bonds is 5. The van der Waals surface area contributed by atoms with Gasteiger partial charge < -0.3 is 19.9 Å². The number of benzene rings is 2. The number of halogens is 3. The van der Waals surface area contributed by atoms with Crippen molar-refractivity contribution in [1.82, 2.24) is 9.97 Å². The summed E-state index contributed by atoms with van der Waals surface area (Å²) in [5.41, 5.74) is 0.786. The third-order valence-electron chi connectivity index (χ3n) is 6.21. The molecule has 0 aliphatic carbocycles. The van der Waals surface area contributed by atoms with Crippen LogP contribution in [0.3, 0.4) is 0 Å². The van der Waals surface area contributed by atoms with Crippen molar-refractivity contribution in [3.05, 3.63) is 52.8 Å². The molecule has 4 rings (SSSR count). The topological polar surface area (TPSA) is 88.5 Å². The van der Waals surface area contributed by atoms with E-state index in [0.717, 1.165) is 6.07 Å². The number of nitrogens with one attached hydrogen (secondary N) is 2. The second-order valence-electron chi connectivity index (χ2n) is 10.4. The Bertz CT molecular complexity index is 1450. The highest BCUT2D eigenvalue weighted by Crippen LogP contribution is 2.41. The minimum atomic E-state index is -4.44. The number of amidine groups is 1. The fourth-order valence-corrected chi connectivity index (χ4v) is 5.55. The SMILES string of the molecule is Cc1nc(N[C@H](C)c2cccc(C(F)(F)F)c2C)c2cc(P(C)(C)=O)c(NC3=NC(C)(C)CO3)cc2n1. The Labute approximate surface area is 214 Å².